The molecular weight excluding hydrogens is 458 g/mol. The number of hydrogen-bond donors (Lipinski definition) is 0. The van der Waals surface area contributed by atoms with Crippen molar-refractivity contribution in [3.63, 3.8) is 0 Å². The van der Waals surface area contributed by atoms with Crippen molar-refractivity contribution >= 4 is 57.1 Å². The fourth-order valence-corrected chi connectivity index (χ4v) is 6.04. The van der Waals surface area contributed by atoms with Crippen LogP contribution >= 0.6 is 0 Å². The summed E-state index contributed by atoms with van der Waals surface area (Å²) >= 11 is 0. The summed E-state index contributed by atoms with van der Waals surface area (Å²) in [5, 5.41) is 4.78. The molecule has 5 nitrogen and oxygen atoms in total. The molecule has 7 rings (SSSR count). The van der Waals surface area contributed by atoms with Gasteiger partial charge in [0.2, 0.25) is 11.9 Å². The molecule has 0 N–H and O–H groups in total. The number of para-hydroxylation sites is 4. The van der Waals surface area contributed by atoms with E-state index in [1.54, 1.807) is 0 Å². The molecule has 36 heavy (non-hydrogen) atoms. The van der Waals surface area contributed by atoms with Crippen LogP contribution in [0.3, 0.4) is 0 Å². The Morgan fingerprint density at radius 3 is 1.06 bits per heavy atom. The second-order valence-corrected chi connectivity index (χ2v) is 15.2. The predicted molar refractivity (Wildman–Crippen MR) is 151 cm³/mol. The fourth-order valence-electron chi connectivity index (χ4n) is 5.17. The lowest BCUT2D eigenvalue weighted by Crippen LogP contribution is -2.44. The lowest BCUT2D eigenvalue weighted by molar-refractivity contribution is 0.902. The lowest BCUT2D eigenvalue weighted by atomic mass is 10.2. The predicted octanol–water partition coefficient (Wildman–Crippen LogP) is 6.61. The van der Waals surface area contributed by atoms with E-state index in [1.165, 1.54) is 21.5 Å². The van der Waals surface area contributed by atoms with Crippen LogP contribution in [0.25, 0.3) is 55.5 Å². The van der Waals surface area contributed by atoms with Gasteiger partial charge in [-0.15, -0.1) is 0 Å². The van der Waals surface area contributed by atoms with Crippen molar-refractivity contribution in [1.82, 2.24) is 24.1 Å². The molecule has 3 aromatic heterocycles. The SMILES string of the molecule is C[Si](C)(C)c1nc(-n2c3ccccc3c3ccccc32)nc(-n2c3ccccc3c3ccccc32)n1. The lowest BCUT2D eigenvalue weighted by Gasteiger charge is -2.18. The molecule has 7 aromatic rings. The summed E-state index contributed by atoms with van der Waals surface area (Å²) in [6.07, 6.45) is 0. The van der Waals surface area contributed by atoms with Crippen LogP contribution in [-0.2, 0) is 0 Å². The quantitative estimate of drug-likeness (QED) is 0.266. The molecule has 3 heterocycles. The van der Waals surface area contributed by atoms with Crippen molar-refractivity contribution in [2.75, 3.05) is 0 Å². The van der Waals surface area contributed by atoms with Crippen molar-refractivity contribution < 1.29 is 0 Å². The van der Waals surface area contributed by atoms with Gasteiger partial charge in [0.05, 0.1) is 22.1 Å². The second kappa shape index (κ2) is 7.60. The molecule has 4 aromatic carbocycles. The van der Waals surface area contributed by atoms with Crippen LogP contribution in [-0.4, -0.2) is 32.2 Å². The Hall–Kier alpha value is -4.29. The molecule has 0 radical (unpaired) electrons. The molecule has 0 fully saturated rings. The van der Waals surface area contributed by atoms with Gasteiger partial charge >= 0.3 is 0 Å². The van der Waals surface area contributed by atoms with Gasteiger partial charge in [-0.1, -0.05) is 92.4 Å². The largest absolute Gasteiger partial charge is 0.278 e. The third kappa shape index (κ3) is 3.04. The molecule has 0 amide bonds. The van der Waals surface area contributed by atoms with E-state index < -0.39 is 8.07 Å². The Bertz CT molecular complexity index is 1700. The van der Waals surface area contributed by atoms with E-state index in [9.17, 15) is 0 Å². The minimum Gasteiger partial charge on any atom is -0.278 e. The van der Waals surface area contributed by atoms with Crippen molar-refractivity contribution in [2.45, 2.75) is 19.6 Å². The molecule has 0 saturated carbocycles. The number of hydrogen-bond acceptors (Lipinski definition) is 3. The highest BCUT2D eigenvalue weighted by atomic mass is 28.3. The van der Waals surface area contributed by atoms with Crippen LogP contribution in [0, 0.1) is 0 Å². The molecule has 6 heteroatoms. The summed E-state index contributed by atoms with van der Waals surface area (Å²) in [6, 6.07) is 33.9. The zero-order chi connectivity index (χ0) is 24.4. The first-order chi connectivity index (χ1) is 17.5. The first-order valence-corrected chi connectivity index (χ1v) is 15.7. The molecule has 0 saturated heterocycles. The minimum atomic E-state index is -1.88. The Morgan fingerprint density at radius 1 is 0.444 bits per heavy atom. The third-order valence-electron chi connectivity index (χ3n) is 6.84. The first kappa shape index (κ1) is 21.0. The molecule has 0 bridgehead atoms. The average molecular weight is 484 g/mol. The molecule has 0 aliphatic carbocycles. The van der Waals surface area contributed by atoms with Crippen LogP contribution in [0.4, 0.5) is 0 Å². The van der Waals surface area contributed by atoms with Gasteiger partial charge in [0.1, 0.15) is 13.5 Å². The average Bonchev–Trinajstić information content (AvgIpc) is 3.41. The van der Waals surface area contributed by atoms with E-state index in [4.69, 9.17) is 15.0 Å². The maximum atomic E-state index is 5.16. The Kier molecular flexibility index (Phi) is 4.44. The van der Waals surface area contributed by atoms with E-state index in [1.807, 2.05) is 0 Å². The van der Waals surface area contributed by atoms with Crippen LogP contribution in [0.1, 0.15) is 0 Å². The van der Waals surface area contributed by atoms with Gasteiger partial charge in [0.15, 0.2) is 0 Å². The summed E-state index contributed by atoms with van der Waals surface area (Å²) in [7, 11) is -1.88. The van der Waals surface area contributed by atoms with E-state index in [0.717, 1.165) is 27.5 Å². The molecule has 0 spiro atoms. The summed E-state index contributed by atoms with van der Waals surface area (Å²) in [5.41, 5.74) is 5.28. The second-order valence-electron chi connectivity index (χ2n) is 10.2. The van der Waals surface area contributed by atoms with Gasteiger partial charge in [0, 0.05) is 21.5 Å². The van der Waals surface area contributed by atoms with Gasteiger partial charge in [-0.3, -0.25) is 9.13 Å². The van der Waals surface area contributed by atoms with Crippen LogP contribution in [0.15, 0.2) is 97.1 Å². The fraction of sp³-hybridized carbons (Fsp3) is 0.100. The number of aromatic nitrogens is 5. The van der Waals surface area contributed by atoms with E-state index >= 15 is 0 Å². The van der Waals surface area contributed by atoms with Crippen LogP contribution in [0.2, 0.25) is 19.6 Å². The molecule has 0 aliphatic heterocycles. The van der Waals surface area contributed by atoms with Crippen LogP contribution in [0.5, 0.6) is 0 Å². The maximum absolute atomic E-state index is 5.16. The number of rotatable bonds is 3. The third-order valence-corrected chi connectivity index (χ3v) is 8.41. The Labute approximate surface area is 209 Å². The first-order valence-electron chi connectivity index (χ1n) is 12.2. The highest BCUT2D eigenvalue weighted by Gasteiger charge is 2.25. The number of benzene rings is 4. The van der Waals surface area contributed by atoms with Crippen molar-refractivity contribution in [3.8, 4) is 11.9 Å². The molecule has 0 unspecified atom stereocenters. The minimum absolute atomic E-state index is 0.664. The number of fused-ring (bicyclic) bond motifs is 6. The van der Waals surface area contributed by atoms with Gasteiger partial charge in [-0.25, -0.2) is 9.97 Å². The highest BCUT2D eigenvalue weighted by molar-refractivity contribution is 6.87. The standard InChI is InChI=1S/C30H25N5Si/c1-36(2,3)30-32-28(34-24-16-8-4-12-20(24)21-13-5-9-17-25(21)34)31-29(33-30)35-26-18-10-6-14-22(26)23-15-7-11-19-27(23)35/h4-19H,1-3H3. The summed E-state index contributed by atoms with van der Waals surface area (Å²) < 4.78 is 4.38. The Morgan fingerprint density at radius 2 is 0.750 bits per heavy atom. The van der Waals surface area contributed by atoms with Crippen molar-refractivity contribution in [2.24, 2.45) is 0 Å². The van der Waals surface area contributed by atoms with E-state index in [0.29, 0.717) is 11.9 Å². The summed E-state index contributed by atoms with van der Waals surface area (Å²) in [5.74, 6) is 1.33. The zero-order valence-electron chi connectivity index (χ0n) is 20.5. The summed E-state index contributed by atoms with van der Waals surface area (Å²) in [6.45, 7) is 6.86. The van der Waals surface area contributed by atoms with E-state index in [2.05, 4.69) is 126 Å². The van der Waals surface area contributed by atoms with Crippen LogP contribution < -0.4 is 5.45 Å². The topological polar surface area (TPSA) is 48.5 Å². The van der Waals surface area contributed by atoms with Crippen molar-refractivity contribution in [3.05, 3.63) is 97.1 Å². The van der Waals surface area contributed by atoms with Gasteiger partial charge < -0.3 is 0 Å². The Balaban J connectivity index is 1.62. The summed E-state index contributed by atoms with van der Waals surface area (Å²) in [4.78, 5) is 15.4. The zero-order valence-corrected chi connectivity index (χ0v) is 21.5. The van der Waals surface area contributed by atoms with Gasteiger partial charge in [-0.05, 0) is 24.3 Å². The van der Waals surface area contributed by atoms with E-state index in [-0.39, 0.29) is 0 Å². The molecule has 0 atom stereocenters. The number of nitrogens with zero attached hydrogens (tertiary/aromatic N) is 5. The smallest absolute Gasteiger partial charge is 0.239 e. The van der Waals surface area contributed by atoms with Crippen molar-refractivity contribution in [1.29, 1.82) is 0 Å². The van der Waals surface area contributed by atoms with Gasteiger partial charge in [-0.2, -0.15) is 4.98 Å². The monoisotopic (exact) mass is 483 g/mol. The van der Waals surface area contributed by atoms with Gasteiger partial charge in [0.25, 0.3) is 0 Å². The molecular formula is C30H25N5Si. The maximum Gasteiger partial charge on any atom is 0.239 e. The molecule has 174 valence electrons. The molecule has 0 aliphatic rings. The normalized spacial score (nSPS) is 12.3. The highest BCUT2D eigenvalue weighted by Crippen LogP contribution is 2.33.